The smallest absolute Gasteiger partial charge is 0.388 e. The minimum Gasteiger partial charge on any atom is -0.388 e. The maximum atomic E-state index is 12.7. The summed E-state index contributed by atoms with van der Waals surface area (Å²) in [5.74, 6) is -0.271. The lowest BCUT2D eigenvalue weighted by atomic mass is 9.88. The van der Waals surface area contributed by atoms with Crippen molar-refractivity contribution in [1.82, 2.24) is 9.97 Å². The first-order chi connectivity index (χ1) is 11.7. The van der Waals surface area contributed by atoms with Crippen molar-refractivity contribution >= 4 is 17.5 Å². The van der Waals surface area contributed by atoms with Crippen molar-refractivity contribution in [3.63, 3.8) is 0 Å². The molecule has 2 aliphatic rings. The lowest BCUT2D eigenvalue weighted by Gasteiger charge is -2.42. The molecule has 25 heavy (non-hydrogen) atoms. The van der Waals surface area contributed by atoms with Gasteiger partial charge in [-0.25, -0.2) is 9.97 Å². The highest BCUT2D eigenvalue weighted by Crippen LogP contribution is 2.38. The van der Waals surface area contributed by atoms with Gasteiger partial charge in [0.05, 0.1) is 13.2 Å². The molecule has 3 rings (SSSR count). The third-order valence-corrected chi connectivity index (χ3v) is 4.39. The summed E-state index contributed by atoms with van der Waals surface area (Å²) in [4.78, 5) is 7.06. The number of anilines is 1. The Morgan fingerprint density at radius 3 is 2.80 bits per heavy atom. The fourth-order valence-electron chi connectivity index (χ4n) is 2.85. The van der Waals surface area contributed by atoms with Gasteiger partial charge in [0.2, 0.25) is 5.95 Å². The Balaban J connectivity index is 1.79. The number of ether oxygens (including phenoxy) is 3. The van der Waals surface area contributed by atoms with Gasteiger partial charge >= 0.3 is 6.18 Å². The van der Waals surface area contributed by atoms with Crippen LogP contribution >= 0.6 is 11.6 Å². The van der Waals surface area contributed by atoms with E-state index in [2.05, 4.69) is 15.3 Å². The summed E-state index contributed by atoms with van der Waals surface area (Å²) in [6.07, 6.45) is -7.85. The van der Waals surface area contributed by atoms with E-state index in [1.165, 1.54) is 7.11 Å². The molecule has 0 radical (unpaired) electrons. The zero-order valence-corrected chi connectivity index (χ0v) is 13.6. The number of fused-ring (bicyclic) bond motifs is 2. The van der Waals surface area contributed by atoms with E-state index < -0.39 is 47.0 Å². The minimum absolute atomic E-state index is 0.00292. The van der Waals surface area contributed by atoms with Crippen molar-refractivity contribution in [3.05, 3.63) is 16.9 Å². The zero-order valence-electron chi connectivity index (χ0n) is 12.8. The molecule has 1 aromatic heterocycles. The SMILES string of the molecule is COC[C@@]12CO[C@@H](O1)[C@H](Nc1ncc(C(F)(F)F)c(Cl)n1)[C@@H](O)[C@H]2O. The van der Waals surface area contributed by atoms with Gasteiger partial charge < -0.3 is 29.7 Å². The monoisotopic (exact) mass is 385 g/mol. The van der Waals surface area contributed by atoms with E-state index in [4.69, 9.17) is 25.8 Å². The molecule has 0 spiro atoms. The largest absolute Gasteiger partial charge is 0.420 e. The Labute approximate surface area is 144 Å². The van der Waals surface area contributed by atoms with Gasteiger partial charge in [0.25, 0.3) is 0 Å². The summed E-state index contributed by atoms with van der Waals surface area (Å²) in [6, 6.07) is -1.02. The third-order valence-electron chi connectivity index (χ3n) is 4.10. The van der Waals surface area contributed by atoms with Crippen LogP contribution < -0.4 is 5.32 Å². The van der Waals surface area contributed by atoms with Crippen LogP contribution in [0.1, 0.15) is 5.56 Å². The van der Waals surface area contributed by atoms with Crippen LogP contribution in [0.4, 0.5) is 19.1 Å². The lowest BCUT2D eigenvalue weighted by molar-refractivity contribution is -0.227. The molecule has 0 saturated carbocycles. The second-order valence-electron chi connectivity index (χ2n) is 5.80. The molecule has 1 aromatic rings. The zero-order chi connectivity index (χ0) is 18.4. The van der Waals surface area contributed by atoms with Gasteiger partial charge in [-0.1, -0.05) is 11.6 Å². The van der Waals surface area contributed by atoms with E-state index in [0.717, 1.165) is 0 Å². The molecule has 2 bridgehead atoms. The molecule has 0 unspecified atom stereocenters. The fraction of sp³-hybridized carbons (Fsp3) is 0.692. The van der Waals surface area contributed by atoms with Gasteiger partial charge in [0.1, 0.15) is 34.6 Å². The number of alkyl halides is 3. The number of halogens is 4. The number of rotatable bonds is 4. The summed E-state index contributed by atoms with van der Waals surface area (Å²) in [5, 5.41) is 22.4. The molecule has 0 aromatic carbocycles. The van der Waals surface area contributed by atoms with E-state index in [1.807, 2.05) is 0 Å². The Bertz CT molecular complexity index is 652. The number of nitrogens with zero attached hydrogens (tertiary/aromatic N) is 2. The second kappa shape index (κ2) is 6.49. The molecule has 2 saturated heterocycles. The van der Waals surface area contributed by atoms with Crippen LogP contribution in [0.3, 0.4) is 0 Å². The number of aliphatic hydroxyl groups is 2. The number of hydrogen-bond acceptors (Lipinski definition) is 8. The van der Waals surface area contributed by atoms with Gasteiger partial charge in [-0.2, -0.15) is 13.2 Å². The van der Waals surface area contributed by atoms with Crippen molar-refractivity contribution in [2.24, 2.45) is 0 Å². The average molecular weight is 386 g/mol. The molecule has 8 nitrogen and oxygen atoms in total. The number of methoxy groups -OCH3 is 1. The van der Waals surface area contributed by atoms with Crippen LogP contribution in [0.5, 0.6) is 0 Å². The van der Waals surface area contributed by atoms with Crippen LogP contribution in [-0.2, 0) is 20.4 Å². The summed E-state index contributed by atoms with van der Waals surface area (Å²) in [6.45, 7) is -0.0202. The molecule has 0 amide bonds. The standard InChI is InChI=1S/C13H15ClF3N3O5/c1-23-3-12-4-24-10(25-12)6(7(21)8(12)22)19-11-18-2-5(9(14)20-11)13(15,16)17/h2,6-8,10,21-22H,3-4H2,1H3,(H,18,19,20)/t6-,7-,8-,10+,12+/m1/s1. The lowest BCUT2D eigenvalue weighted by Crippen LogP contribution is -2.64. The molecule has 12 heteroatoms. The molecular formula is C13H15ClF3N3O5. The summed E-state index contributed by atoms with van der Waals surface area (Å²) < 4.78 is 54.1. The Morgan fingerprint density at radius 2 is 2.20 bits per heavy atom. The van der Waals surface area contributed by atoms with Gasteiger partial charge in [-0.05, 0) is 0 Å². The van der Waals surface area contributed by atoms with Crippen molar-refractivity contribution in [2.45, 2.75) is 36.3 Å². The van der Waals surface area contributed by atoms with Crippen molar-refractivity contribution in [1.29, 1.82) is 0 Å². The molecule has 3 heterocycles. The predicted molar refractivity (Wildman–Crippen MR) is 76.9 cm³/mol. The van der Waals surface area contributed by atoms with Crippen LogP contribution in [0.25, 0.3) is 0 Å². The Kier molecular flexibility index (Phi) is 4.81. The minimum atomic E-state index is -4.69. The summed E-state index contributed by atoms with van der Waals surface area (Å²) in [7, 11) is 1.41. The van der Waals surface area contributed by atoms with Gasteiger partial charge in [-0.3, -0.25) is 0 Å². The van der Waals surface area contributed by atoms with Gasteiger partial charge in [0, 0.05) is 13.3 Å². The van der Waals surface area contributed by atoms with E-state index in [0.29, 0.717) is 6.20 Å². The fourth-order valence-corrected chi connectivity index (χ4v) is 3.09. The number of nitrogens with one attached hydrogen (secondary N) is 1. The maximum absolute atomic E-state index is 12.7. The maximum Gasteiger partial charge on any atom is 0.420 e. The van der Waals surface area contributed by atoms with Gasteiger partial charge in [-0.15, -0.1) is 0 Å². The van der Waals surface area contributed by atoms with Crippen LogP contribution in [0.15, 0.2) is 6.20 Å². The second-order valence-corrected chi connectivity index (χ2v) is 6.15. The van der Waals surface area contributed by atoms with E-state index in [9.17, 15) is 23.4 Å². The highest BCUT2D eigenvalue weighted by atomic mass is 35.5. The van der Waals surface area contributed by atoms with E-state index in [1.54, 1.807) is 0 Å². The number of hydrogen-bond donors (Lipinski definition) is 3. The quantitative estimate of drug-likeness (QED) is 0.640. The molecule has 140 valence electrons. The first-order valence-electron chi connectivity index (χ1n) is 7.19. The molecule has 2 fully saturated rings. The first kappa shape index (κ1) is 18.5. The molecule has 2 aliphatic heterocycles. The molecule has 3 N–H and O–H groups in total. The van der Waals surface area contributed by atoms with Crippen molar-refractivity contribution < 1.29 is 37.6 Å². The normalized spacial score (nSPS) is 35.0. The Morgan fingerprint density at radius 1 is 1.48 bits per heavy atom. The van der Waals surface area contributed by atoms with Crippen LogP contribution in [-0.4, -0.2) is 70.6 Å². The van der Waals surface area contributed by atoms with Crippen molar-refractivity contribution in [3.8, 4) is 0 Å². The average Bonchev–Trinajstić information content (AvgIpc) is 2.91. The molecular weight excluding hydrogens is 371 g/mol. The summed E-state index contributed by atoms with van der Waals surface area (Å²) >= 11 is 5.54. The highest BCUT2D eigenvalue weighted by Gasteiger charge is 2.59. The van der Waals surface area contributed by atoms with E-state index in [-0.39, 0.29) is 19.2 Å². The Hall–Kier alpha value is -1.24. The molecule has 0 aliphatic carbocycles. The number of aliphatic hydroxyl groups excluding tert-OH is 2. The van der Waals surface area contributed by atoms with Gasteiger partial charge in [0.15, 0.2) is 6.29 Å². The molecule has 5 atom stereocenters. The first-order valence-corrected chi connectivity index (χ1v) is 7.56. The third kappa shape index (κ3) is 3.27. The van der Waals surface area contributed by atoms with Crippen molar-refractivity contribution in [2.75, 3.05) is 25.6 Å². The number of aromatic nitrogens is 2. The summed E-state index contributed by atoms with van der Waals surface area (Å²) in [5.41, 5.74) is -2.40. The van der Waals surface area contributed by atoms with Crippen LogP contribution in [0.2, 0.25) is 5.15 Å². The predicted octanol–water partition coefficient (Wildman–Crippen LogP) is 0.423. The van der Waals surface area contributed by atoms with Crippen LogP contribution in [0, 0.1) is 0 Å². The van der Waals surface area contributed by atoms with E-state index >= 15 is 0 Å². The highest BCUT2D eigenvalue weighted by molar-refractivity contribution is 6.30. The topological polar surface area (TPSA) is 106 Å².